The van der Waals surface area contributed by atoms with Gasteiger partial charge in [-0.3, -0.25) is 4.90 Å². The molecule has 0 aliphatic carbocycles. The minimum atomic E-state index is -0.376. The lowest BCUT2D eigenvalue weighted by Crippen LogP contribution is -2.48. The van der Waals surface area contributed by atoms with Crippen LogP contribution < -0.4 is 0 Å². The van der Waals surface area contributed by atoms with Crippen molar-refractivity contribution in [2.75, 3.05) is 19.6 Å². The van der Waals surface area contributed by atoms with Crippen LogP contribution in [0.4, 0.5) is 0 Å². The summed E-state index contributed by atoms with van der Waals surface area (Å²) in [5.41, 5.74) is 0. The SMILES string of the molecule is CC(C)c1nccn1C[C@H](O)CN1C[C@H](C)O[C@@H](C)C1. The molecule has 0 unspecified atom stereocenters. The van der Waals surface area contributed by atoms with E-state index in [2.05, 4.69) is 42.1 Å². The van der Waals surface area contributed by atoms with Crippen LogP contribution in [0.15, 0.2) is 12.4 Å². The van der Waals surface area contributed by atoms with E-state index in [-0.39, 0.29) is 18.3 Å². The van der Waals surface area contributed by atoms with Crippen molar-refractivity contribution in [3.05, 3.63) is 18.2 Å². The molecule has 1 N–H and O–H groups in total. The molecule has 0 aromatic carbocycles. The van der Waals surface area contributed by atoms with Crippen molar-refractivity contribution in [2.45, 2.75) is 58.5 Å². The van der Waals surface area contributed by atoms with Crippen molar-refractivity contribution in [2.24, 2.45) is 0 Å². The average molecular weight is 281 g/mol. The molecule has 0 saturated carbocycles. The number of rotatable bonds is 5. The van der Waals surface area contributed by atoms with Gasteiger partial charge in [0.05, 0.1) is 24.9 Å². The molecule has 2 rings (SSSR count). The van der Waals surface area contributed by atoms with Gasteiger partial charge in [0, 0.05) is 37.9 Å². The summed E-state index contributed by atoms with van der Waals surface area (Å²) in [4.78, 5) is 6.65. The Labute approximate surface area is 121 Å². The second-order valence-corrected chi connectivity index (χ2v) is 6.22. The fourth-order valence-corrected chi connectivity index (χ4v) is 2.99. The van der Waals surface area contributed by atoms with Crippen LogP contribution >= 0.6 is 0 Å². The number of ether oxygens (including phenoxy) is 1. The predicted molar refractivity (Wildman–Crippen MR) is 78.8 cm³/mol. The summed E-state index contributed by atoms with van der Waals surface area (Å²) in [5.74, 6) is 1.41. The molecule has 1 aliphatic rings. The van der Waals surface area contributed by atoms with Gasteiger partial charge in [-0.25, -0.2) is 4.98 Å². The molecule has 20 heavy (non-hydrogen) atoms. The number of β-amino-alcohol motifs (C(OH)–C–C–N with tert-alkyl or cyclic N) is 1. The summed E-state index contributed by atoms with van der Waals surface area (Å²) in [6.45, 7) is 11.5. The van der Waals surface area contributed by atoms with Gasteiger partial charge < -0.3 is 14.4 Å². The first-order valence-corrected chi connectivity index (χ1v) is 7.52. The smallest absolute Gasteiger partial charge is 0.111 e. The summed E-state index contributed by atoms with van der Waals surface area (Å²) in [7, 11) is 0. The van der Waals surface area contributed by atoms with Gasteiger partial charge in [0.1, 0.15) is 5.82 Å². The topological polar surface area (TPSA) is 50.5 Å². The van der Waals surface area contributed by atoms with Crippen molar-refractivity contribution >= 4 is 0 Å². The van der Waals surface area contributed by atoms with Crippen LogP contribution in [-0.2, 0) is 11.3 Å². The first kappa shape index (κ1) is 15.5. The number of aromatic nitrogens is 2. The van der Waals surface area contributed by atoms with E-state index in [0.717, 1.165) is 18.9 Å². The van der Waals surface area contributed by atoms with Crippen LogP contribution in [0.1, 0.15) is 39.4 Å². The first-order valence-electron chi connectivity index (χ1n) is 7.52. The van der Waals surface area contributed by atoms with Crippen molar-refractivity contribution in [1.82, 2.24) is 14.5 Å². The molecule has 1 aromatic heterocycles. The summed E-state index contributed by atoms with van der Waals surface area (Å²) < 4.78 is 7.77. The Hall–Kier alpha value is -0.910. The molecule has 0 spiro atoms. The highest BCUT2D eigenvalue weighted by molar-refractivity contribution is 4.98. The molecule has 0 bridgehead atoms. The fraction of sp³-hybridized carbons (Fsp3) is 0.800. The molecule has 2 heterocycles. The lowest BCUT2D eigenvalue weighted by Gasteiger charge is -2.36. The highest BCUT2D eigenvalue weighted by Gasteiger charge is 2.24. The number of aliphatic hydroxyl groups excluding tert-OH is 1. The van der Waals surface area contributed by atoms with Gasteiger partial charge in [-0.2, -0.15) is 0 Å². The van der Waals surface area contributed by atoms with Crippen LogP contribution in [0.2, 0.25) is 0 Å². The second-order valence-electron chi connectivity index (χ2n) is 6.22. The molecule has 5 nitrogen and oxygen atoms in total. The Morgan fingerprint density at radius 1 is 1.30 bits per heavy atom. The Morgan fingerprint density at radius 3 is 2.55 bits per heavy atom. The number of hydrogen-bond acceptors (Lipinski definition) is 4. The van der Waals surface area contributed by atoms with E-state index in [1.54, 1.807) is 6.20 Å². The lowest BCUT2D eigenvalue weighted by atomic mass is 10.2. The summed E-state index contributed by atoms with van der Waals surface area (Å²) >= 11 is 0. The zero-order chi connectivity index (χ0) is 14.7. The van der Waals surface area contributed by atoms with Crippen LogP contribution in [0.5, 0.6) is 0 Å². The highest BCUT2D eigenvalue weighted by Crippen LogP contribution is 2.14. The maximum absolute atomic E-state index is 10.3. The van der Waals surface area contributed by atoms with Crippen molar-refractivity contribution in [3.8, 4) is 0 Å². The van der Waals surface area contributed by atoms with Gasteiger partial charge in [0.2, 0.25) is 0 Å². The number of hydrogen-bond donors (Lipinski definition) is 1. The molecule has 1 aliphatic heterocycles. The average Bonchev–Trinajstić information content (AvgIpc) is 2.75. The predicted octanol–water partition coefficient (Wildman–Crippen LogP) is 1.48. The van der Waals surface area contributed by atoms with E-state index >= 15 is 0 Å². The van der Waals surface area contributed by atoms with E-state index in [1.807, 2.05) is 6.20 Å². The van der Waals surface area contributed by atoms with Gasteiger partial charge in [0.15, 0.2) is 0 Å². The highest BCUT2D eigenvalue weighted by atomic mass is 16.5. The van der Waals surface area contributed by atoms with Crippen molar-refractivity contribution in [3.63, 3.8) is 0 Å². The quantitative estimate of drug-likeness (QED) is 0.888. The minimum Gasteiger partial charge on any atom is -0.390 e. The molecule has 0 radical (unpaired) electrons. The fourth-order valence-electron chi connectivity index (χ4n) is 2.99. The van der Waals surface area contributed by atoms with Gasteiger partial charge in [0.25, 0.3) is 0 Å². The zero-order valence-corrected chi connectivity index (χ0v) is 13.0. The first-order chi connectivity index (χ1) is 9.45. The van der Waals surface area contributed by atoms with Gasteiger partial charge >= 0.3 is 0 Å². The van der Waals surface area contributed by atoms with E-state index in [1.165, 1.54) is 0 Å². The second kappa shape index (κ2) is 6.70. The molecular formula is C15H27N3O2. The minimum absolute atomic E-state index is 0.241. The van der Waals surface area contributed by atoms with Crippen LogP contribution in [-0.4, -0.2) is 57.5 Å². The zero-order valence-electron chi connectivity index (χ0n) is 13.0. The van der Waals surface area contributed by atoms with Crippen LogP contribution in [0, 0.1) is 0 Å². The van der Waals surface area contributed by atoms with E-state index in [4.69, 9.17) is 4.74 Å². The number of nitrogens with zero attached hydrogens (tertiary/aromatic N) is 3. The van der Waals surface area contributed by atoms with Crippen molar-refractivity contribution in [1.29, 1.82) is 0 Å². The molecule has 3 atom stereocenters. The van der Waals surface area contributed by atoms with Crippen LogP contribution in [0.3, 0.4) is 0 Å². The molecule has 1 fully saturated rings. The van der Waals surface area contributed by atoms with E-state index in [0.29, 0.717) is 19.0 Å². The van der Waals surface area contributed by atoms with Crippen molar-refractivity contribution < 1.29 is 9.84 Å². The Kier molecular flexibility index (Phi) is 5.18. The van der Waals surface area contributed by atoms with E-state index in [9.17, 15) is 5.11 Å². The third kappa shape index (κ3) is 4.04. The number of imidazole rings is 1. The molecule has 114 valence electrons. The molecule has 0 amide bonds. The third-order valence-electron chi connectivity index (χ3n) is 3.64. The number of aliphatic hydroxyl groups is 1. The maximum Gasteiger partial charge on any atom is 0.111 e. The molecule has 5 heteroatoms. The summed E-state index contributed by atoms with van der Waals surface area (Å²) in [6, 6.07) is 0. The van der Waals surface area contributed by atoms with E-state index < -0.39 is 0 Å². The summed E-state index contributed by atoms with van der Waals surface area (Å²) in [5, 5.41) is 10.3. The standard InChI is InChI=1S/C15H27N3O2/c1-11(2)15-16-5-6-18(15)10-14(19)9-17-7-12(3)20-13(4)8-17/h5-6,11-14,19H,7-10H2,1-4H3/t12-,13-,14+/m0/s1. The normalized spacial score (nSPS) is 26.1. The number of morpholine rings is 1. The van der Waals surface area contributed by atoms with Gasteiger partial charge in [-0.15, -0.1) is 0 Å². The Bertz CT molecular complexity index is 409. The Balaban J connectivity index is 1.88. The monoisotopic (exact) mass is 281 g/mol. The largest absolute Gasteiger partial charge is 0.390 e. The summed E-state index contributed by atoms with van der Waals surface area (Å²) in [6.07, 6.45) is 3.86. The molecule has 1 aromatic rings. The van der Waals surface area contributed by atoms with Gasteiger partial charge in [-0.05, 0) is 13.8 Å². The van der Waals surface area contributed by atoms with Crippen LogP contribution in [0.25, 0.3) is 0 Å². The third-order valence-corrected chi connectivity index (χ3v) is 3.64. The lowest BCUT2D eigenvalue weighted by molar-refractivity contribution is -0.0773. The Morgan fingerprint density at radius 2 is 1.95 bits per heavy atom. The maximum atomic E-state index is 10.3. The molecule has 1 saturated heterocycles. The van der Waals surface area contributed by atoms with Gasteiger partial charge in [-0.1, -0.05) is 13.8 Å². The molecular weight excluding hydrogens is 254 g/mol.